The molecule has 2 unspecified atom stereocenters. The van der Waals surface area contributed by atoms with Crippen molar-refractivity contribution in [2.75, 3.05) is 6.54 Å². The second kappa shape index (κ2) is 6.98. The lowest BCUT2D eigenvalue weighted by molar-refractivity contribution is -0.120. The van der Waals surface area contributed by atoms with Crippen molar-refractivity contribution < 1.29 is 4.79 Å². The first-order valence-electron chi connectivity index (χ1n) is 5.96. The van der Waals surface area contributed by atoms with Gasteiger partial charge >= 0.3 is 0 Å². The minimum atomic E-state index is -0.285. The van der Waals surface area contributed by atoms with E-state index < -0.39 is 0 Å². The van der Waals surface area contributed by atoms with Crippen LogP contribution in [0.4, 0.5) is 0 Å². The highest BCUT2D eigenvalue weighted by molar-refractivity contribution is 6.30. The monoisotopic (exact) mass is 288 g/mol. The number of primary amides is 1. The number of benzene rings is 1. The maximum atomic E-state index is 11.6. The fraction of sp³-hybridized carbons (Fsp3) is 0.462. The van der Waals surface area contributed by atoms with Crippen LogP contribution in [0.5, 0.6) is 0 Å². The molecule has 3 N–H and O–H groups in total. The quantitative estimate of drug-likeness (QED) is 0.898. The van der Waals surface area contributed by atoms with Gasteiger partial charge in [0.05, 0.1) is 5.92 Å². The van der Waals surface area contributed by atoms with E-state index in [0.717, 1.165) is 31.4 Å². The number of hydrogen-bond donors (Lipinski definition) is 2. The summed E-state index contributed by atoms with van der Waals surface area (Å²) in [5, 5.41) is 4.02. The van der Waals surface area contributed by atoms with Crippen LogP contribution >= 0.6 is 24.0 Å². The molecule has 1 aromatic rings. The number of carbonyl (C=O) groups is 1. The van der Waals surface area contributed by atoms with Gasteiger partial charge in [0.25, 0.3) is 0 Å². The Balaban J connectivity index is 0.00000162. The number of nitrogens with two attached hydrogens (primary N) is 1. The Hall–Kier alpha value is -0.770. The number of halogens is 2. The zero-order valence-corrected chi connectivity index (χ0v) is 11.6. The lowest BCUT2D eigenvalue weighted by Gasteiger charge is -2.29. The van der Waals surface area contributed by atoms with E-state index in [2.05, 4.69) is 5.32 Å². The number of nitrogens with one attached hydrogen (secondary N) is 1. The maximum Gasteiger partial charge on any atom is 0.226 e. The van der Waals surface area contributed by atoms with Gasteiger partial charge in [0, 0.05) is 11.1 Å². The molecule has 1 fully saturated rings. The van der Waals surface area contributed by atoms with Crippen molar-refractivity contribution in [3.05, 3.63) is 34.9 Å². The fourth-order valence-electron chi connectivity index (χ4n) is 2.46. The smallest absolute Gasteiger partial charge is 0.226 e. The van der Waals surface area contributed by atoms with E-state index in [4.69, 9.17) is 17.3 Å². The van der Waals surface area contributed by atoms with Crippen molar-refractivity contribution in [2.24, 2.45) is 5.73 Å². The summed E-state index contributed by atoms with van der Waals surface area (Å²) >= 11 is 5.96. The first-order valence-corrected chi connectivity index (χ1v) is 6.34. The maximum absolute atomic E-state index is 11.6. The summed E-state index contributed by atoms with van der Waals surface area (Å²) in [6, 6.07) is 7.54. The number of piperidine rings is 1. The zero-order chi connectivity index (χ0) is 12.3. The molecule has 2 rings (SSSR count). The Bertz CT molecular complexity index is 406. The molecule has 1 amide bonds. The summed E-state index contributed by atoms with van der Waals surface area (Å²) in [4.78, 5) is 11.6. The summed E-state index contributed by atoms with van der Waals surface area (Å²) in [5.41, 5.74) is 6.43. The van der Waals surface area contributed by atoms with Gasteiger partial charge in [-0.1, -0.05) is 30.2 Å². The summed E-state index contributed by atoms with van der Waals surface area (Å²) in [5.74, 6) is -0.569. The molecule has 0 radical (unpaired) electrons. The van der Waals surface area contributed by atoms with Crippen LogP contribution in [0, 0.1) is 0 Å². The number of hydrogen-bond acceptors (Lipinski definition) is 2. The third-order valence-corrected chi connectivity index (χ3v) is 3.50. The molecule has 1 saturated heterocycles. The van der Waals surface area contributed by atoms with E-state index in [-0.39, 0.29) is 30.3 Å². The van der Waals surface area contributed by atoms with E-state index in [1.54, 1.807) is 6.07 Å². The third kappa shape index (κ3) is 3.61. The minimum Gasteiger partial charge on any atom is -0.369 e. The highest BCUT2D eigenvalue weighted by atomic mass is 35.5. The van der Waals surface area contributed by atoms with Crippen molar-refractivity contribution in [1.29, 1.82) is 0 Å². The van der Waals surface area contributed by atoms with Gasteiger partial charge < -0.3 is 11.1 Å². The lowest BCUT2D eigenvalue weighted by Crippen LogP contribution is -2.43. The van der Waals surface area contributed by atoms with Gasteiger partial charge in [-0.15, -0.1) is 12.4 Å². The fourth-order valence-corrected chi connectivity index (χ4v) is 2.66. The van der Waals surface area contributed by atoms with Gasteiger partial charge in [0.2, 0.25) is 5.91 Å². The summed E-state index contributed by atoms with van der Waals surface area (Å²) in [6.45, 7) is 0.953. The van der Waals surface area contributed by atoms with E-state index in [9.17, 15) is 4.79 Å². The van der Waals surface area contributed by atoms with Crippen LogP contribution in [0.2, 0.25) is 5.02 Å². The molecule has 1 aliphatic rings. The van der Waals surface area contributed by atoms with E-state index in [1.807, 2.05) is 18.2 Å². The minimum absolute atomic E-state index is 0. The average Bonchev–Trinajstić information content (AvgIpc) is 2.30. The molecule has 0 aliphatic carbocycles. The first kappa shape index (κ1) is 15.3. The topological polar surface area (TPSA) is 55.1 Å². The van der Waals surface area contributed by atoms with E-state index >= 15 is 0 Å². The van der Waals surface area contributed by atoms with Gasteiger partial charge in [-0.25, -0.2) is 0 Å². The van der Waals surface area contributed by atoms with Crippen LogP contribution in [0.25, 0.3) is 0 Å². The molecular formula is C13H18Cl2N2O. The Morgan fingerprint density at radius 3 is 2.78 bits per heavy atom. The van der Waals surface area contributed by atoms with Crippen LogP contribution in [0.3, 0.4) is 0 Å². The highest BCUT2D eigenvalue weighted by Crippen LogP contribution is 2.26. The predicted molar refractivity (Wildman–Crippen MR) is 76.3 cm³/mol. The van der Waals surface area contributed by atoms with Gasteiger partial charge in [-0.05, 0) is 37.1 Å². The molecule has 1 aliphatic heterocycles. The Labute approximate surface area is 118 Å². The van der Waals surface area contributed by atoms with E-state index in [1.165, 1.54) is 0 Å². The molecular weight excluding hydrogens is 271 g/mol. The van der Waals surface area contributed by atoms with Crippen molar-refractivity contribution in [2.45, 2.75) is 31.2 Å². The van der Waals surface area contributed by atoms with Gasteiger partial charge in [-0.3, -0.25) is 4.79 Å². The first-order chi connectivity index (χ1) is 8.18. The third-order valence-electron chi connectivity index (χ3n) is 3.27. The second-order valence-corrected chi connectivity index (χ2v) is 4.93. The standard InChI is InChI=1S/C13H17ClN2O.ClH/c14-10-5-3-4-9(8-10)12(13(15)17)11-6-1-2-7-16-11;/h3-5,8,11-12,16H,1-2,6-7H2,(H2,15,17);1H. The van der Waals surface area contributed by atoms with Crippen LogP contribution < -0.4 is 11.1 Å². The largest absolute Gasteiger partial charge is 0.369 e. The summed E-state index contributed by atoms with van der Waals surface area (Å²) in [7, 11) is 0. The molecule has 0 spiro atoms. The van der Waals surface area contributed by atoms with Crippen LogP contribution in [0.15, 0.2) is 24.3 Å². The van der Waals surface area contributed by atoms with Crippen LogP contribution in [-0.4, -0.2) is 18.5 Å². The normalized spacial score (nSPS) is 20.8. The van der Waals surface area contributed by atoms with Crippen molar-refractivity contribution >= 4 is 29.9 Å². The molecule has 100 valence electrons. The van der Waals surface area contributed by atoms with Gasteiger partial charge in [-0.2, -0.15) is 0 Å². The van der Waals surface area contributed by atoms with Crippen molar-refractivity contribution in [3.8, 4) is 0 Å². The Morgan fingerprint density at radius 1 is 1.44 bits per heavy atom. The molecule has 1 heterocycles. The number of rotatable bonds is 3. The van der Waals surface area contributed by atoms with Crippen molar-refractivity contribution in [3.63, 3.8) is 0 Å². The average molecular weight is 289 g/mol. The highest BCUT2D eigenvalue weighted by Gasteiger charge is 2.29. The lowest BCUT2D eigenvalue weighted by atomic mass is 9.86. The molecule has 3 nitrogen and oxygen atoms in total. The number of amides is 1. The molecule has 5 heteroatoms. The summed E-state index contributed by atoms with van der Waals surface area (Å²) < 4.78 is 0. The SMILES string of the molecule is Cl.NC(=O)C(c1cccc(Cl)c1)C1CCCCN1. The molecule has 18 heavy (non-hydrogen) atoms. The number of carbonyl (C=O) groups excluding carboxylic acids is 1. The zero-order valence-electron chi connectivity index (χ0n) is 10.1. The molecule has 2 atom stereocenters. The van der Waals surface area contributed by atoms with E-state index in [0.29, 0.717) is 5.02 Å². The van der Waals surface area contributed by atoms with Gasteiger partial charge in [0.1, 0.15) is 0 Å². The van der Waals surface area contributed by atoms with Crippen molar-refractivity contribution in [1.82, 2.24) is 5.32 Å². The predicted octanol–water partition coefficient (Wildman–Crippen LogP) is 2.47. The van der Waals surface area contributed by atoms with Crippen LogP contribution in [0.1, 0.15) is 30.7 Å². The summed E-state index contributed by atoms with van der Waals surface area (Å²) in [6.07, 6.45) is 3.29. The molecule has 1 aromatic carbocycles. The van der Waals surface area contributed by atoms with Gasteiger partial charge in [0.15, 0.2) is 0 Å². The Morgan fingerprint density at radius 2 is 2.22 bits per heavy atom. The molecule has 0 bridgehead atoms. The molecule has 0 aromatic heterocycles. The molecule has 0 saturated carbocycles. The Kier molecular flexibility index (Phi) is 5.93. The van der Waals surface area contributed by atoms with Crippen LogP contribution in [-0.2, 0) is 4.79 Å². The second-order valence-electron chi connectivity index (χ2n) is 4.49.